The summed E-state index contributed by atoms with van der Waals surface area (Å²) in [7, 11) is -3.37. The van der Waals surface area contributed by atoms with E-state index >= 15 is 0 Å². The van der Waals surface area contributed by atoms with Gasteiger partial charge in [-0.2, -0.15) is 0 Å². The van der Waals surface area contributed by atoms with Gasteiger partial charge in [0.1, 0.15) is 0 Å². The summed E-state index contributed by atoms with van der Waals surface area (Å²) in [6.45, 7) is 5.20. The lowest BCUT2D eigenvalue weighted by molar-refractivity contribution is 0.595. The van der Waals surface area contributed by atoms with Gasteiger partial charge in [-0.25, -0.2) is 8.42 Å². The Bertz CT molecular complexity index is 714. The normalized spacial score (nSPS) is 11.7. The number of benzene rings is 1. The van der Waals surface area contributed by atoms with E-state index in [1.54, 1.807) is 6.07 Å². The van der Waals surface area contributed by atoms with Gasteiger partial charge in [0.15, 0.2) is 0 Å². The summed E-state index contributed by atoms with van der Waals surface area (Å²) >= 11 is 0. The molecule has 0 radical (unpaired) electrons. The van der Waals surface area contributed by atoms with E-state index in [2.05, 4.69) is 15.0 Å². The van der Waals surface area contributed by atoms with E-state index < -0.39 is 10.0 Å². The minimum atomic E-state index is -3.37. The maximum Gasteiger partial charge on any atom is 0.234 e. The minimum Gasteiger partial charge on any atom is -0.316 e. The van der Waals surface area contributed by atoms with Crippen LogP contribution in [0.1, 0.15) is 19.0 Å². The van der Waals surface area contributed by atoms with Crippen molar-refractivity contribution in [3.63, 3.8) is 0 Å². The second-order valence-electron chi connectivity index (χ2n) is 5.00. The van der Waals surface area contributed by atoms with E-state index in [-0.39, 0.29) is 5.75 Å². The van der Waals surface area contributed by atoms with Crippen LogP contribution in [0.3, 0.4) is 0 Å². The molecule has 0 saturated carbocycles. The number of anilines is 1. The lowest BCUT2D eigenvalue weighted by Crippen LogP contribution is -2.27. The van der Waals surface area contributed by atoms with Crippen LogP contribution in [0.15, 0.2) is 30.3 Å². The number of rotatable bonds is 7. The smallest absolute Gasteiger partial charge is 0.234 e. The van der Waals surface area contributed by atoms with Crippen LogP contribution in [0.4, 0.5) is 5.69 Å². The molecule has 0 aliphatic carbocycles. The number of hydrogen-bond acceptors (Lipinski definition) is 4. The van der Waals surface area contributed by atoms with Crippen LogP contribution in [-0.2, 0) is 10.0 Å². The van der Waals surface area contributed by atoms with Crippen molar-refractivity contribution in [2.45, 2.75) is 20.3 Å². The van der Waals surface area contributed by atoms with Gasteiger partial charge >= 0.3 is 0 Å². The summed E-state index contributed by atoms with van der Waals surface area (Å²) in [5.41, 5.74) is 2.08. The van der Waals surface area contributed by atoms with Crippen molar-refractivity contribution >= 4 is 26.6 Å². The van der Waals surface area contributed by atoms with Crippen molar-refractivity contribution in [3.8, 4) is 0 Å². The molecule has 6 heteroatoms. The molecule has 1 aromatic carbocycles. The lowest BCUT2D eigenvalue weighted by atomic mass is 10.2. The molecule has 0 aliphatic heterocycles. The van der Waals surface area contributed by atoms with Crippen molar-refractivity contribution in [1.29, 1.82) is 0 Å². The Morgan fingerprint density at radius 3 is 2.71 bits per heavy atom. The van der Waals surface area contributed by atoms with Gasteiger partial charge < -0.3 is 5.32 Å². The minimum absolute atomic E-state index is 0.0508. The zero-order chi connectivity index (χ0) is 15.3. The summed E-state index contributed by atoms with van der Waals surface area (Å²) < 4.78 is 26.9. The number of nitrogens with zero attached hydrogens (tertiary/aromatic N) is 1. The lowest BCUT2D eigenvalue weighted by Gasteiger charge is -2.11. The van der Waals surface area contributed by atoms with E-state index in [1.165, 1.54) is 0 Å². The Labute approximate surface area is 125 Å². The molecular weight excluding hydrogens is 286 g/mol. The Morgan fingerprint density at radius 1 is 1.14 bits per heavy atom. The van der Waals surface area contributed by atoms with E-state index in [9.17, 15) is 8.42 Å². The molecule has 5 nitrogen and oxygen atoms in total. The first-order valence-corrected chi connectivity index (χ1v) is 8.74. The Morgan fingerprint density at radius 2 is 1.95 bits per heavy atom. The van der Waals surface area contributed by atoms with Crippen LogP contribution < -0.4 is 10.0 Å². The molecule has 0 bridgehead atoms. The highest BCUT2D eigenvalue weighted by molar-refractivity contribution is 7.92. The number of pyridine rings is 1. The van der Waals surface area contributed by atoms with Gasteiger partial charge in [0.2, 0.25) is 10.0 Å². The van der Waals surface area contributed by atoms with Crippen molar-refractivity contribution < 1.29 is 8.42 Å². The number of nitrogens with one attached hydrogen (secondary N) is 2. The van der Waals surface area contributed by atoms with Crippen molar-refractivity contribution in [3.05, 3.63) is 36.0 Å². The molecule has 0 saturated heterocycles. The summed E-state index contributed by atoms with van der Waals surface area (Å²) in [5, 5.41) is 4.01. The number of para-hydroxylation sites is 1. The molecule has 0 spiro atoms. The first-order chi connectivity index (χ1) is 10.0. The molecule has 0 atom stereocenters. The molecule has 0 fully saturated rings. The van der Waals surface area contributed by atoms with Gasteiger partial charge in [-0.1, -0.05) is 25.1 Å². The first kappa shape index (κ1) is 15.7. The molecule has 2 rings (SSSR count). The fourth-order valence-corrected chi connectivity index (χ4v) is 3.07. The van der Waals surface area contributed by atoms with Crippen LogP contribution in [0.2, 0.25) is 0 Å². The van der Waals surface area contributed by atoms with Gasteiger partial charge in [0.25, 0.3) is 0 Å². The number of fused-ring (bicyclic) bond motifs is 1. The monoisotopic (exact) mass is 307 g/mol. The van der Waals surface area contributed by atoms with Gasteiger partial charge in [-0.15, -0.1) is 0 Å². The van der Waals surface area contributed by atoms with Gasteiger partial charge in [0, 0.05) is 17.6 Å². The molecule has 114 valence electrons. The van der Waals surface area contributed by atoms with Crippen LogP contribution in [0, 0.1) is 6.92 Å². The topological polar surface area (TPSA) is 71.1 Å². The van der Waals surface area contributed by atoms with Crippen LogP contribution in [0.25, 0.3) is 10.9 Å². The number of sulfonamides is 1. The molecule has 0 aliphatic rings. The second kappa shape index (κ2) is 6.87. The van der Waals surface area contributed by atoms with E-state index in [0.29, 0.717) is 17.7 Å². The number of hydrogen-bond donors (Lipinski definition) is 2. The van der Waals surface area contributed by atoms with Crippen molar-refractivity contribution in [2.75, 3.05) is 23.6 Å². The zero-order valence-electron chi connectivity index (χ0n) is 12.4. The van der Waals surface area contributed by atoms with Gasteiger partial charge in [-0.05, 0) is 32.0 Å². The Kier molecular flexibility index (Phi) is 5.14. The molecule has 21 heavy (non-hydrogen) atoms. The third-order valence-corrected chi connectivity index (χ3v) is 4.37. The Hall–Kier alpha value is -1.66. The first-order valence-electron chi connectivity index (χ1n) is 7.09. The summed E-state index contributed by atoms with van der Waals surface area (Å²) in [6.07, 6.45) is 0.986. The van der Waals surface area contributed by atoms with Crippen LogP contribution >= 0.6 is 0 Å². The molecule has 0 amide bonds. The summed E-state index contributed by atoms with van der Waals surface area (Å²) in [4.78, 5) is 4.43. The average molecular weight is 307 g/mol. The largest absolute Gasteiger partial charge is 0.316 e. The molecule has 2 aromatic rings. The number of aryl methyl sites for hydroxylation is 1. The highest BCUT2D eigenvalue weighted by atomic mass is 32.2. The predicted molar refractivity (Wildman–Crippen MR) is 87.1 cm³/mol. The maximum atomic E-state index is 12.1. The third kappa shape index (κ3) is 4.41. The number of aromatic nitrogens is 1. The summed E-state index contributed by atoms with van der Waals surface area (Å²) in [6, 6.07) is 9.34. The molecule has 2 N–H and O–H groups in total. The summed E-state index contributed by atoms with van der Waals surface area (Å²) in [5.74, 6) is 0.0508. The third-order valence-electron chi connectivity index (χ3n) is 3.10. The predicted octanol–water partition coefficient (Wildman–Crippen LogP) is 2.28. The van der Waals surface area contributed by atoms with E-state index in [1.807, 2.05) is 38.1 Å². The quantitative estimate of drug-likeness (QED) is 0.770. The van der Waals surface area contributed by atoms with E-state index in [4.69, 9.17) is 0 Å². The molecular formula is C15H21N3O2S. The van der Waals surface area contributed by atoms with Crippen LogP contribution in [-0.4, -0.2) is 32.2 Å². The SMILES string of the molecule is CCCNCCS(=O)(=O)Nc1cccc2ccc(C)nc12. The fraction of sp³-hybridized carbons (Fsp3) is 0.400. The Balaban J connectivity index is 2.17. The maximum absolute atomic E-state index is 12.1. The van der Waals surface area contributed by atoms with Gasteiger partial charge in [0.05, 0.1) is 17.0 Å². The molecule has 1 heterocycles. The van der Waals surface area contributed by atoms with E-state index in [0.717, 1.165) is 24.0 Å². The highest BCUT2D eigenvalue weighted by Gasteiger charge is 2.12. The highest BCUT2D eigenvalue weighted by Crippen LogP contribution is 2.22. The molecule has 1 aromatic heterocycles. The molecule has 0 unspecified atom stereocenters. The standard InChI is InChI=1S/C15H21N3O2S/c1-3-9-16-10-11-21(19,20)18-14-6-4-5-13-8-7-12(2)17-15(13)14/h4-8,16,18H,3,9-11H2,1-2H3. The average Bonchev–Trinajstić information content (AvgIpc) is 2.44. The fourth-order valence-electron chi connectivity index (χ4n) is 2.05. The van der Waals surface area contributed by atoms with Crippen molar-refractivity contribution in [2.24, 2.45) is 0 Å². The van der Waals surface area contributed by atoms with Crippen molar-refractivity contribution in [1.82, 2.24) is 10.3 Å². The second-order valence-corrected chi connectivity index (χ2v) is 6.84. The van der Waals surface area contributed by atoms with Gasteiger partial charge in [-0.3, -0.25) is 9.71 Å². The van der Waals surface area contributed by atoms with Crippen LogP contribution in [0.5, 0.6) is 0 Å². The zero-order valence-corrected chi connectivity index (χ0v) is 13.2.